The van der Waals surface area contributed by atoms with Crippen LogP contribution in [0.4, 0.5) is 4.79 Å². The number of ether oxygens (including phenoxy) is 1. The number of carbonyl (C=O) groups excluding carboxylic acids is 2. The monoisotopic (exact) mass is 406 g/mol. The minimum absolute atomic E-state index is 0.431. The third kappa shape index (κ3) is 5.88. The van der Waals surface area contributed by atoms with Crippen LogP contribution in [-0.4, -0.2) is 32.1 Å². The minimum atomic E-state index is -0.857. The number of nitrogens with two attached hydrogens (primary N) is 1. The zero-order valence-electron chi connectivity index (χ0n) is 13.9. The quantitative estimate of drug-likeness (QED) is 0.647. The average Bonchev–Trinajstić information content (AvgIpc) is 2.57. The molecule has 0 saturated heterocycles. The lowest BCUT2D eigenvalue weighted by Crippen LogP contribution is -3.11. The zero-order chi connectivity index (χ0) is 18.2. The second-order valence-corrected chi connectivity index (χ2v) is 6.51. The van der Waals surface area contributed by atoms with Crippen LogP contribution >= 0.6 is 15.9 Å². The van der Waals surface area contributed by atoms with Crippen LogP contribution in [0.25, 0.3) is 0 Å². The van der Waals surface area contributed by atoms with Gasteiger partial charge < -0.3 is 15.4 Å². The number of benzene rings is 2. The smallest absolute Gasteiger partial charge is 0.319 e. The first kappa shape index (κ1) is 19.0. The molecule has 0 radical (unpaired) electrons. The van der Waals surface area contributed by atoms with E-state index in [1.165, 1.54) is 0 Å². The first-order valence-electron chi connectivity index (χ1n) is 7.83. The van der Waals surface area contributed by atoms with Gasteiger partial charge in [-0.1, -0.05) is 46.3 Å². The van der Waals surface area contributed by atoms with E-state index in [2.05, 4.69) is 21.2 Å². The Hall–Kier alpha value is -2.38. The Labute approximate surface area is 155 Å². The molecule has 0 aliphatic heterocycles. The summed E-state index contributed by atoms with van der Waals surface area (Å²) in [6.45, 7) is 1.00. The zero-order valence-corrected chi connectivity index (χ0v) is 15.5. The Kier molecular flexibility index (Phi) is 6.97. The van der Waals surface area contributed by atoms with Crippen molar-refractivity contribution in [2.75, 3.05) is 20.2 Å². The van der Waals surface area contributed by atoms with Crippen LogP contribution in [0.15, 0.2) is 59.1 Å². The highest BCUT2D eigenvalue weighted by Crippen LogP contribution is 2.15. The summed E-state index contributed by atoms with van der Waals surface area (Å²) in [6, 6.07) is 15.4. The van der Waals surface area contributed by atoms with Gasteiger partial charge in [0.25, 0.3) is 5.91 Å². The number of hydrogen-bond donors (Lipinski definition) is 3. The molecule has 0 bridgehead atoms. The Morgan fingerprint density at radius 2 is 1.80 bits per heavy atom. The van der Waals surface area contributed by atoms with Gasteiger partial charge in [-0.15, -0.1) is 0 Å². The van der Waals surface area contributed by atoms with E-state index in [1.54, 1.807) is 0 Å². The predicted molar refractivity (Wildman–Crippen MR) is 98.3 cm³/mol. The van der Waals surface area contributed by atoms with E-state index in [9.17, 15) is 9.59 Å². The van der Waals surface area contributed by atoms with Gasteiger partial charge in [-0.2, -0.15) is 0 Å². The van der Waals surface area contributed by atoms with Crippen LogP contribution in [0.1, 0.15) is 11.6 Å². The van der Waals surface area contributed by atoms with Gasteiger partial charge >= 0.3 is 6.03 Å². The Morgan fingerprint density at radius 1 is 1.16 bits per heavy atom. The number of hydrogen-bond acceptors (Lipinski definition) is 3. The molecule has 25 heavy (non-hydrogen) atoms. The molecule has 0 aliphatic carbocycles. The molecule has 1 unspecified atom stereocenters. The lowest BCUT2D eigenvalue weighted by molar-refractivity contribution is -0.902. The number of nitrogens with one attached hydrogen (secondary N) is 2. The lowest BCUT2D eigenvalue weighted by Gasteiger charge is -2.24. The number of urea groups is 1. The molecule has 132 valence electrons. The number of imide groups is 1. The highest BCUT2D eigenvalue weighted by molar-refractivity contribution is 9.10. The fraction of sp³-hybridized carbons (Fsp3) is 0.222. The van der Waals surface area contributed by atoms with Crippen LogP contribution in [-0.2, 0) is 4.79 Å². The Balaban J connectivity index is 2.01. The van der Waals surface area contributed by atoms with Crippen molar-refractivity contribution >= 4 is 27.9 Å². The maximum Gasteiger partial charge on any atom is 0.319 e. The standard InChI is InChI=1S/C18H20BrN3O3/c1-22(11-12-25-15-9-7-14(19)8-10-15)16(17(23)21-18(20)24)13-5-3-2-4-6-13/h2-10,16H,11-12H2,1H3,(H3,20,21,23,24)/p+1/t16-/m0/s1. The van der Waals surface area contributed by atoms with E-state index in [0.29, 0.717) is 13.2 Å². The molecule has 0 fully saturated rings. The van der Waals surface area contributed by atoms with E-state index in [4.69, 9.17) is 10.5 Å². The first-order chi connectivity index (χ1) is 12.0. The molecule has 4 N–H and O–H groups in total. The third-order valence-electron chi connectivity index (χ3n) is 3.71. The van der Waals surface area contributed by atoms with Crippen LogP contribution < -0.4 is 20.7 Å². The molecule has 0 spiro atoms. The summed E-state index contributed by atoms with van der Waals surface area (Å²) < 4.78 is 6.69. The number of rotatable bonds is 7. The van der Waals surface area contributed by atoms with Gasteiger partial charge in [-0.25, -0.2) is 4.79 Å². The van der Waals surface area contributed by atoms with Crippen molar-refractivity contribution in [1.82, 2.24) is 5.32 Å². The average molecular weight is 407 g/mol. The fourth-order valence-electron chi connectivity index (χ4n) is 2.50. The molecule has 2 rings (SSSR count). The number of halogens is 1. The summed E-state index contributed by atoms with van der Waals surface area (Å²) in [6.07, 6.45) is 0. The molecule has 2 aromatic rings. The highest BCUT2D eigenvalue weighted by atomic mass is 79.9. The van der Waals surface area contributed by atoms with Crippen LogP contribution in [0.3, 0.4) is 0 Å². The molecule has 3 amide bonds. The van der Waals surface area contributed by atoms with E-state index < -0.39 is 18.0 Å². The first-order valence-corrected chi connectivity index (χ1v) is 8.62. The van der Waals surface area contributed by atoms with Crippen molar-refractivity contribution in [1.29, 1.82) is 0 Å². The number of primary amides is 1. The third-order valence-corrected chi connectivity index (χ3v) is 4.24. The topological polar surface area (TPSA) is 85.9 Å². The van der Waals surface area contributed by atoms with Crippen LogP contribution in [0.2, 0.25) is 0 Å². The van der Waals surface area contributed by atoms with Gasteiger partial charge in [0.1, 0.15) is 18.9 Å². The molecule has 0 saturated carbocycles. The Morgan fingerprint density at radius 3 is 2.40 bits per heavy atom. The summed E-state index contributed by atoms with van der Waals surface area (Å²) in [4.78, 5) is 24.3. The molecule has 7 heteroatoms. The van der Waals surface area contributed by atoms with Crippen molar-refractivity contribution in [2.24, 2.45) is 5.73 Å². The maximum absolute atomic E-state index is 12.4. The largest absolute Gasteiger partial charge is 0.488 e. The normalized spacial score (nSPS) is 12.9. The second-order valence-electron chi connectivity index (χ2n) is 5.60. The van der Waals surface area contributed by atoms with E-state index in [-0.39, 0.29) is 0 Å². The van der Waals surface area contributed by atoms with Crippen LogP contribution in [0.5, 0.6) is 5.75 Å². The molecule has 6 nitrogen and oxygen atoms in total. The van der Waals surface area contributed by atoms with E-state index in [0.717, 1.165) is 20.7 Å². The minimum Gasteiger partial charge on any atom is -0.488 e. The Bertz CT molecular complexity index is 707. The van der Waals surface area contributed by atoms with Crippen molar-refractivity contribution in [3.63, 3.8) is 0 Å². The molecular weight excluding hydrogens is 386 g/mol. The maximum atomic E-state index is 12.4. The SMILES string of the molecule is C[NH+](CCOc1ccc(Br)cc1)[C@H](C(=O)NC(N)=O)c1ccccc1. The lowest BCUT2D eigenvalue weighted by atomic mass is 10.0. The van der Waals surface area contributed by atoms with E-state index >= 15 is 0 Å². The summed E-state index contributed by atoms with van der Waals surface area (Å²) in [7, 11) is 1.88. The fourth-order valence-corrected chi connectivity index (χ4v) is 2.77. The molecule has 0 aromatic heterocycles. The summed E-state index contributed by atoms with van der Waals surface area (Å²) >= 11 is 3.38. The summed E-state index contributed by atoms with van der Waals surface area (Å²) in [5, 5.41) is 2.17. The molecular formula is C18H21BrN3O3+. The van der Waals surface area contributed by atoms with Gasteiger partial charge in [0.2, 0.25) is 0 Å². The summed E-state index contributed by atoms with van der Waals surface area (Å²) in [5.74, 6) is 0.327. The van der Waals surface area contributed by atoms with Gasteiger partial charge in [-0.3, -0.25) is 10.1 Å². The predicted octanol–water partition coefficient (Wildman–Crippen LogP) is 1.28. The van der Waals surface area contributed by atoms with Crippen molar-refractivity contribution in [2.45, 2.75) is 6.04 Å². The molecule has 0 aliphatic rings. The second kappa shape index (κ2) is 9.19. The van der Waals surface area contributed by atoms with Gasteiger partial charge in [0.05, 0.1) is 7.05 Å². The molecule has 2 aromatic carbocycles. The highest BCUT2D eigenvalue weighted by Gasteiger charge is 2.29. The van der Waals surface area contributed by atoms with Crippen molar-refractivity contribution in [3.05, 3.63) is 64.6 Å². The number of carbonyl (C=O) groups is 2. The number of likely N-dealkylation sites (N-methyl/N-ethyl adjacent to an activating group) is 1. The summed E-state index contributed by atoms with van der Waals surface area (Å²) in [5.41, 5.74) is 5.90. The van der Waals surface area contributed by atoms with E-state index in [1.807, 2.05) is 61.6 Å². The van der Waals surface area contributed by atoms with Crippen LogP contribution in [0, 0.1) is 0 Å². The van der Waals surface area contributed by atoms with Gasteiger partial charge in [0, 0.05) is 10.0 Å². The van der Waals surface area contributed by atoms with Gasteiger partial charge in [-0.05, 0) is 24.3 Å². The van der Waals surface area contributed by atoms with Gasteiger partial charge in [0.15, 0.2) is 6.04 Å². The molecule has 0 heterocycles. The number of amides is 3. The number of quaternary nitrogens is 1. The van der Waals surface area contributed by atoms with Crippen molar-refractivity contribution < 1.29 is 19.2 Å². The van der Waals surface area contributed by atoms with Crippen molar-refractivity contribution in [3.8, 4) is 5.75 Å². The molecule has 2 atom stereocenters.